The van der Waals surface area contributed by atoms with Crippen LogP contribution in [0.1, 0.15) is 29.8 Å². The van der Waals surface area contributed by atoms with Gasteiger partial charge in [-0.15, -0.1) is 11.3 Å². The summed E-state index contributed by atoms with van der Waals surface area (Å²) in [5.41, 5.74) is 2.14. The molecule has 1 aromatic heterocycles. The summed E-state index contributed by atoms with van der Waals surface area (Å²) in [4.78, 5) is 35.6. The van der Waals surface area contributed by atoms with E-state index in [4.69, 9.17) is 14.2 Å². The zero-order chi connectivity index (χ0) is 24.7. The molecule has 0 saturated carbocycles. The Morgan fingerprint density at radius 2 is 1.79 bits per heavy atom. The molecule has 0 saturated heterocycles. The highest BCUT2D eigenvalue weighted by atomic mass is 32.1. The molecule has 178 valence electrons. The van der Waals surface area contributed by atoms with E-state index in [9.17, 15) is 19.7 Å². The molecule has 9 nitrogen and oxygen atoms in total. The molecular weight excluding hydrogens is 460 g/mol. The number of non-ortho nitro benzene ring substituents is 1. The Labute approximate surface area is 200 Å². The van der Waals surface area contributed by atoms with Crippen molar-refractivity contribution in [3.05, 3.63) is 69.1 Å². The summed E-state index contributed by atoms with van der Waals surface area (Å²) < 4.78 is 16.2. The quantitative estimate of drug-likeness (QED) is 0.238. The molecule has 34 heavy (non-hydrogen) atoms. The van der Waals surface area contributed by atoms with Crippen molar-refractivity contribution in [3.8, 4) is 22.6 Å². The van der Waals surface area contributed by atoms with Crippen LogP contribution >= 0.6 is 11.3 Å². The molecule has 3 rings (SSSR count). The Kier molecular flexibility index (Phi) is 8.20. The highest BCUT2D eigenvalue weighted by molar-refractivity contribution is 7.15. The number of aryl methyl sites for hydroxylation is 1. The van der Waals surface area contributed by atoms with E-state index < -0.39 is 16.8 Å². The van der Waals surface area contributed by atoms with E-state index >= 15 is 0 Å². The van der Waals surface area contributed by atoms with Gasteiger partial charge in [-0.2, -0.15) is 0 Å². The minimum atomic E-state index is -0.546. The fraction of sp³-hybridized carbons (Fsp3) is 0.250. The summed E-state index contributed by atoms with van der Waals surface area (Å²) in [5, 5.41) is 15.7. The lowest BCUT2D eigenvalue weighted by Gasteiger charge is -2.11. The van der Waals surface area contributed by atoms with Crippen molar-refractivity contribution in [2.75, 3.05) is 25.1 Å². The number of rotatable bonds is 10. The summed E-state index contributed by atoms with van der Waals surface area (Å²) in [6, 6.07) is 11.4. The molecule has 0 spiro atoms. The number of nitro groups is 1. The molecule has 0 unspecified atom stereocenters. The van der Waals surface area contributed by atoms with Gasteiger partial charge in [0.1, 0.15) is 22.1 Å². The van der Waals surface area contributed by atoms with Crippen molar-refractivity contribution in [2.45, 2.75) is 20.8 Å². The zero-order valence-electron chi connectivity index (χ0n) is 19.0. The number of carbonyl (C=O) groups is 2. The van der Waals surface area contributed by atoms with Crippen LogP contribution in [-0.4, -0.2) is 36.6 Å². The molecule has 1 heterocycles. The van der Waals surface area contributed by atoms with E-state index in [1.54, 1.807) is 19.2 Å². The third-order valence-corrected chi connectivity index (χ3v) is 5.62. The van der Waals surface area contributed by atoms with Crippen LogP contribution in [0.3, 0.4) is 0 Å². The molecular formula is C24H24N2O7S. The molecule has 0 aliphatic carbocycles. The van der Waals surface area contributed by atoms with E-state index in [1.165, 1.54) is 29.5 Å². The van der Waals surface area contributed by atoms with Crippen LogP contribution in [0.15, 0.2) is 47.8 Å². The first-order valence-electron chi connectivity index (χ1n) is 10.5. The van der Waals surface area contributed by atoms with E-state index in [1.807, 2.05) is 31.2 Å². The van der Waals surface area contributed by atoms with Crippen LogP contribution < -0.4 is 14.8 Å². The smallest absolute Gasteiger partial charge is 0.341 e. The number of carbonyl (C=O) groups excluding carboxylic acids is 2. The van der Waals surface area contributed by atoms with Crippen LogP contribution in [-0.2, 0) is 9.53 Å². The first-order chi connectivity index (χ1) is 16.3. The van der Waals surface area contributed by atoms with Crippen LogP contribution in [0.4, 0.5) is 10.7 Å². The third-order valence-electron chi connectivity index (χ3n) is 4.73. The lowest BCUT2D eigenvalue weighted by atomic mass is 10.0. The molecule has 0 fully saturated rings. The molecule has 1 amide bonds. The monoisotopic (exact) mass is 484 g/mol. The van der Waals surface area contributed by atoms with Gasteiger partial charge in [0, 0.05) is 23.1 Å². The summed E-state index contributed by atoms with van der Waals surface area (Å²) in [6.45, 7) is 5.65. The third kappa shape index (κ3) is 5.90. The molecule has 1 N–H and O–H groups in total. The number of anilines is 1. The standard InChI is InChI=1S/C24H24N2O7S/c1-4-31-18-9-6-16(7-10-18)19-14-34-23(22(19)24(28)32-5-2)25-21(27)13-33-20-11-8-17(26(29)30)12-15(20)3/h6-12,14H,4-5,13H2,1-3H3,(H,25,27). The number of hydrogen-bond acceptors (Lipinski definition) is 8. The zero-order valence-corrected chi connectivity index (χ0v) is 19.8. The second-order valence-electron chi connectivity index (χ2n) is 7.08. The fourth-order valence-electron chi connectivity index (χ4n) is 3.18. The van der Waals surface area contributed by atoms with Gasteiger partial charge in [-0.05, 0) is 50.1 Å². The van der Waals surface area contributed by atoms with Crippen molar-refractivity contribution in [3.63, 3.8) is 0 Å². The Balaban J connectivity index is 1.77. The molecule has 0 aliphatic heterocycles. The van der Waals surface area contributed by atoms with E-state index in [2.05, 4.69) is 5.32 Å². The predicted molar refractivity (Wildman–Crippen MR) is 129 cm³/mol. The first kappa shape index (κ1) is 24.7. The number of nitro benzene ring substituents is 1. The second kappa shape index (κ2) is 11.3. The molecule has 0 bridgehead atoms. The number of thiophene rings is 1. The van der Waals surface area contributed by atoms with Gasteiger partial charge in [0.05, 0.1) is 18.1 Å². The summed E-state index contributed by atoms with van der Waals surface area (Å²) >= 11 is 1.20. The van der Waals surface area contributed by atoms with Crippen LogP contribution in [0.5, 0.6) is 11.5 Å². The number of benzene rings is 2. The van der Waals surface area contributed by atoms with Crippen molar-refractivity contribution in [2.24, 2.45) is 0 Å². The SMILES string of the molecule is CCOC(=O)c1c(-c2ccc(OCC)cc2)csc1NC(=O)COc1ccc([N+](=O)[O-])cc1C. The minimum absolute atomic E-state index is 0.0613. The lowest BCUT2D eigenvalue weighted by Crippen LogP contribution is -2.21. The number of hydrogen-bond donors (Lipinski definition) is 1. The Morgan fingerprint density at radius 3 is 2.41 bits per heavy atom. The van der Waals surface area contributed by atoms with E-state index in [0.29, 0.717) is 34.2 Å². The number of amides is 1. The molecule has 0 aliphatic rings. The number of esters is 1. The van der Waals surface area contributed by atoms with Crippen molar-refractivity contribution >= 4 is 33.9 Å². The lowest BCUT2D eigenvalue weighted by molar-refractivity contribution is -0.384. The minimum Gasteiger partial charge on any atom is -0.494 e. The average Bonchev–Trinajstić information content (AvgIpc) is 3.22. The number of ether oxygens (including phenoxy) is 3. The maximum Gasteiger partial charge on any atom is 0.341 e. The van der Waals surface area contributed by atoms with Gasteiger partial charge < -0.3 is 19.5 Å². The van der Waals surface area contributed by atoms with Crippen molar-refractivity contribution in [1.29, 1.82) is 0 Å². The van der Waals surface area contributed by atoms with E-state index in [0.717, 1.165) is 5.56 Å². The number of nitrogens with one attached hydrogen (secondary N) is 1. The summed E-state index contributed by atoms with van der Waals surface area (Å²) in [7, 11) is 0. The van der Waals surface area contributed by atoms with Crippen molar-refractivity contribution in [1.82, 2.24) is 0 Å². The van der Waals surface area contributed by atoms with Crippen molar-refractivity contribution < 1.29 is 28.7 Å². The molecule has 2 aromatic carbocycles. The normalized spacial score (nSPS) is 10.4. The fourth-order valence-corrected chi connectivity index (χ4v) is 4.15. The molecule has 0 radical (unpaired) electrons. The second-order valence-corrected chi connectivity index (χ2v) is 7.95. The van der Waals surface area contributed by atoms with Gasteiger partial charge in [-0.1, -0.05) is 12.1 Å². The Bertz CT molecular complexity index is 1190. The van der Waals surface area contributed by atoms with Gasteiger partial charge in [0.15, 0.2) is 6.61 Å². The van der Waals surface area contributed by atoms with Gasteiger partial charge in [-0.25, -0.2) is 4.79 Å². The predicted octanol–water partition coefficient (Wildman–Crippen LogP) is 5.22. The van der Waals surface area contributed by atoms with Gasteiger partial charge in [0.25, 0.3) is 11.6 Å². The average molecular weight is 485 g/mol. The highest BCUT2D eigenvalue weighted by Crippen LogP contribution is 2.37. The van der Waals surface area contributed by atoms with Gasteiger partial charge in [0.2, 0.25) is 0 Å². The van der Waals surface area contributed by atoms with Crippen LogP contribution in [0.2, 0.25) is 0 Å². The molecule has 3 aromatic rings. The Morgan fingerprint density at radius 1 is 1.06 bits per heavy atom. The molecule has 10 heteroatoms. The Hall–Kier alpha value is -3.92. The van der Waals surface area contributed by atoms with Gasteiger partial charge >= 0.3 is 5.97 Å². The van der Waals surface area contributed by atoms with Gasteiger partial charge in [-0.3, -0.25) is 14.9 Å². The largest absolute Gasteiger partial charge is 0.494 e. The maximum atomic E-state index is 12.7. The summed E-state index contributed by atoms with van der Waals surface area (Å²) in [5.74, 6) is 0.0393. The summed E-state index contributed by atoms with van der Waals surface area (Å²) in [6.07, 6.45) is 0. The molecule has 0 atom stereocenters. The highest BCUT2D eigenvalue weighted by Gasteiger charge is 2.23. The van der Waals surface area contributed by atoms with Crippen LogP contribution in [0.25, 0.3) is 11.1 Å². The topological polar surface area (TPSA) is 117 Å². The maximum absolute atomic E-state index is 12.7. The van der Waals surface area contributed by atoms with Crippen LogP contribution in [0, 0.1) is 17.0 Å². The first-order valence-corrected chi connectivity index (χ1v) is 11.4. The van der Waals surface area contributed by atoms with E-state index in [-0.39, 0.29) is 24.5 Å². The number of nitrogens with zero attached hydrogens (tertiary/aromatic N) is 1.